The van der Waals surface area contributed by atoms with Gasteiger partial charge in [-0.05, 0) is 24.1 Å². The molecule has 1 aromatic heterocycles. The molecule has 0 N–H and O–H groups in total. The lowest BCUT2D eigenvalue weighted by Crippen LogP contribution is -2.27. The van der Waals surface area contributed by atoms with Gasteiger partial charge in [0.25, 0.3) is 0 Å². The Bertz CT molecular complexity index is 490. The van der Waals surface area contributed by atoms with E-state index in [0.717, 1.165) is 17.9 Å². The van der Waals surface area contributed by atoms with Crippen LogP contribution in [0.5, 0.6) is 0 Å². The molecule has 94 valence electrons. The van der Waals surface area contributed by atoms with Crippen LogP contribution in [0.4, 0.5) is 5.82 Å². The topological polar surface area (TPSA) is 50.3 Å². The van der Waals surface area contributed by atoms with E-state index in [2.05, 4.69) is 4.98 Å². The van der Waals surface area contributed by atoms with Crippen molar-refractivity contribution < 1.29 is 8.42 Å². The van der Waals surface area contributed by atoms with Gasteiger partial charge in [0, 0.05) is 25.2 Å². The van der Waals surface area contributed by atoms with E-state index in [1.54, 1.807) is 6.20 Å². The number of alkyl halides is 1. The highest BCUT2D eigenvalue weighted by Gasteiger charge is 2.19. The van der Waals surface area contributed by atoms with Gasteiger partial charge in [0.05, 0.1) is 11.5 Å². The molecule has 0 unspecified atom stereocenters. The van der Waals surface area contributed by atoms with Gasteiger partial charge in [-0.15, -0.1) is 11.6 Å². The smallest absolute Gasteiger partial charge is 0.152 e. The highest BCUT2D eigenvalue weighted by molar-refractivity contribution is 7.91. The molecule has 0 amide bonds. The first kappa shape index (κ1) is 12.6. The Morgan fingerprint density at radius 1 is 1.35 bits per heavy atom. The van der Waals surface area contributed by atoms with Crippen LogP contribution in [0.3, 0.4) is 0 Å². The molecule has 1 saturated heterocycles. The number of halogens is 1. The molecule has 4 nitrogen and oxygen atoms in total. The number of anilines is 1. The van der Waals surface area contributed by atoms with E-state index in [-0.39, 0.29) is 11.5 Å². The summed E-state index contributed by atoms with van der Waals surface area (Å²) in [6.07, 6.45) is 2.38. The van der Waals surface area contributed by atoms with E-state index in [4.69, 9.17) is 11.6 Å². The molecular weight excluding hydrogens is 260 g/mol. The first-order valence-electron chi connectivity index (χ1n) is 5.57. The zero-order chi connectivity index (χ0) is 12.3. The third-order valence-corrected chi connectivity index (χ3v) is 4.87. The van der Waals surface area contributed by atoms with E-state index in [1.807, 2.05) is 17.0 Å². The average Bonchev–Trinajstić information content (AvgIpc) is 2.50. The molecule has 1 aliphatic heterocycles. The van der Waals surface area contributed by atoms with Gasteiger partial charge >= 0.3 is 0 Å². The molecule has 2 rings (SSSR count). The molecule has 0 saturated carbocycles. The second-order valence-corrected chi connectivity index (χ2v) is 6.72. The van der Waals surface area contributed by atoms with Crippen LogP contribution in [0.2, 0.25) is 0 Å². The van der Waals surface area contributed by atoms with Gasteiger partial charge in [-0.1, -0.05) is 0 Å². The predicted molar refractivity (Wildman–Crippen MR) is 69.3 cm³/mol. The number of hydrogen-bond donors (Lipinski definition) is 0. The molecule has 0 bridgehead atoms. The molecule has 0 aliphatic carbocycles. The third-order valence-electron chi connectivity index (χ3n) is 2.84. The normalized spacial score (nSPS) is 19.9. The summed E-state index contributed by atoms with van der Waals surface area (Å²) in [7, 11) is -2.87. The zero-order valence-corrected chi connectivity index (χ0v) is 11.0. The summed E-state index contributed by atoms with van der Waals surface area (Å²) in [5, 5.41) is 0. The maximum Gasteiger partial charge on any atom is 0.152 e. The predicted octanol–water partition coefficient (Wildman–Crippen LogP) is 1.45. The van der Waals surface area contributed by atoms with Gasteiger partial charge in [0.2, 0.25) is 0 Å². The summed E-state index contributed by atoms with van der Waals surface area (Å²) in [5.74, 6) is 1.75. The molecule has 6 heteroatoms. The Balaban J connectivity index is 2.16. The minimum atomic E-state index is -2.87. The van der Waals surface area contributed by atoms with Gasteiger partial charge in [-0.3, -0.25) is 0 Å². The van der Waals surface area contributed by atoms with Gasteiger partial charge in [0.1, 0.15) is 5.82 Å². The Morgan fingerprint density at radius 2 is 2.18 bits per heavy atom. The van der Waals surface area contributed by atoms with Crippen molar-refractivity contribution in [3.05, 3.63) is 23.9 Å². The highest BCUT2D eigenvalue weighted by Crippen LogP contribution is 2.16. The van der Waals surface area contributed by atoms with Crippen molar-refractivity contribution in [3.63, 3.8) is 0 Å². The van der Waals surface area contributed by atoms with Crippen molar-refractivity contribution in [2.24, 2.45) is 0 Å². The molecule has 1 fully saturated rings. The molecule has 2 heterocycles. The van der Waals surface area contributed by atoms with Crippen molar-refractivity contribution in [2.75, 3.05) is 29.5 Å². The molecule has 0 radical (unpaired) electrons. The van der Waals surface area contributed by atoms with Crippen LogP contribution in [0.1, 0.15) is 12.0 Å². The van der Waals surface area contributed by atoms with Crippen LogP contribution in [-0.2, 0) is 15.7 Å². The maximum atomic E-state index is 11.5. The quantitative estimate of drug-likeness (QED) is 0.766. The summed E-state index contributed by atoms with van der Waals surface area (Å²) >= 11 is 5.77. The largest absolute Gasteiger partial charge is 0.356 e. The summed E-state index contributed by atoms with van der Waals surface area (Å²) < 4.78 is 23.0. The van der Waals surface area contributed by atoms with Gasteiger partial charge in [-0.25, -0.2) is 13.4 Å². The second kappa shape index (κ2) is 5.23. The summed E-state index contributed by atoms with van der Waals surface area (Å²) in [6.45, 7) is 1.25. The Hall–Kier alpha value is -0.810. The molecule has 0 aromatic carbocycles. The number of sulfone groups is 1. The number of aromatic nitrogens is 1. The van der Waals surface area contributed by atoms with Crippen molar-refractivity contribution in [1.82, 2.24) is 4.98 Å². The van der Waals surface area contributed by atoms with E-state index >= 15 is 0 Å². The van der Waals surface area contributed by atoms with Crippen LogP contribution in [0.15, 0.2) is 18.3 Å². The van der Waals surface area contributed by atoms with Crippen LogP contribution < -0.4 is 4.90 Å². The first-order chi connectivity index (χ1) is 8.11. The van der Waals surface area contributed by atoms with Gasteiger partial charge < -0.3 is 4.90 Å². The fourth-order valence-corrected chi connectivity index (χ4v) is 3.32. The van der Waals surface area contributed by atoms with Crippen LogP contribution in [0, 0.1) is 0 Å². The summed E-state index contributed by atoms with van der Waals surface area (Å²) in [4.78, 5) is 6.29. The standard InChI is InChI=1S/C11H15ClN2O2S/c12-9-10-2-3-13-11(8-10)14-4-1-6-17(15,16)7-5-14/h2-3,8H,1,4-7,9H2. The van der Waals surface area contributed by atoms with Gasteiger partial charge in [-0.2, -0.15) is 0 Å². The van der Waals surface area contributed by atoms with Crippen LogP contribution in [-0.4, -0.2) is 38.0 Å². The number of pyridine rings is 1. The van der Waals surface area contributed by atoms with E-state index in [1.165, 1.54) is 0 Å². The molecule has 0 atom stereocenters. The zero-order valence-electron chi connectivity index (χ0n) is 9.47. The molecule has 0 spiro atoms. The lowest BCUT2D eigenvalue weighted by Gasteiger charge is -2.21. The molecule has 1 aromatic rings. The van der Waals surface area contributed by atoms with E-state index < -0.39 is 9.84 Å². The van der Waals surface area contributed by atoms with Gasteiger partial charge in [0.15, 0.2) is 9.84 Å². The minimum Gasteiger partial charge on any atom is -0.356 e. The summed E-state index contributed by atoms with van der Waals surface area (Å²) in [6, 6.07) is 3.79. The fraction of sp³-hybridized carbons (Fsp3) is 0.545. The number of nitrogens with zero attached hydrogens (tertiary/aromatic N) is 2. The van der Waals surface area contributed by atoms with E-state index in [9.17, 15) is 8.42 Å². The van der Waals surface area contributed by atoms with Crippen LogP contribution >= 0.6 is 11.6 Å². The first-order valence-corrected chi connectivity index (χ1v) is 7.92. The van der Waals surface area contributed by atoms with Crippen LogP contribution in [0.25, 0.3) is 0 Å². The van der Waals surface area contributed by atoms with E-state index in [0.29, 0.717) is 18.8 Å². The minimum absolute atomic E-state index is 0.208. The summed E-state index contributed by atoms with van der Waals surface area (Å²) in [5.41, 5.74) is 1.00. The highest BCUT2D eigenvalue weighted by atomic mass is 35.5. The van der Waals surface area contributed by atoms with Crippen molar-refractivity contribution in [3.8, 4) is 0 Å². The molecule has 1 aliphatic rings. The molecular formula is C11H15ClN2O2S. The van der Waals surface area contributed by atoms with Crippen molar-refractivity contribution in [1.29, 1.82) is 0 Å². The SMILES string of the molecule is O=S1(=O)CCCN(c2cc(CCl)ccn2)CC1. The Morgan fingerprint density at radius 3 is 2.94 bits per heavy atom. The lowest BCUT2D eigenvalue weighted by molar-refractivity contribution is 0.597. The average molecular weight is 275 g/mol. The Kier molecular flexibility index (Phi) is 3.89. The van der Waals surface area contributed by atoms with Crippen molar-refractivity contribution in [2.45, 2.75) is 12.3 Å². The third kappa shape index (κ3) is 3.33. The lowest BCUT2D eigenvalue weighted by atomic mass is 10.3. The fourth-order valence-electron chi connectivity index (χ4n) is 1.88. The number of rotatable bonds is 2. The Labute approximate surface area is 107 Å². The second-order valence-electron chi connectivity index (χ2n) is 4.15. The number of hydrogen-bond acceptors (Lipinski definition) is 4. The van der Waals surface area contributed by atoms with Crippen molar-refractivity contribution >= 4 is 27.3 Å². The monoisotopic (exact) mass is 274 g/mol. The maximum absolute atomic E-state index is 11.5. The molecule has 17 heavy (non-hydrogen) atoms.